The number of rotatable bonds is 4. The van der Waals surface area contributed by atoms with Crippen molar-refractivity contribution in [1.82, 2.24) is 4.72 Å². The summed E-state index contributed by atoms with van der Waals surface area (Å²) in [5, 5.41) is 2.45. The lowest BCUT2D eigenvalue weighted by molar-refractivity contribution is 0.102. The van der Waals surface area contributed by atoms with E-state index in [0.717, 1.165) is 0 Å². The fraction of sp³-hybridized carbons (Fsp3) is 0.188. The molecule has 0 saturated carbocycles. The number of aryl methyl sites for hydroxylation is 1. The van der Waals surface area contributed by atoms with E-state index in [1.807, 2.05) is 0 Å². The fourth-order valence-corrected chi connectivity index (χ4v) is 3.53. The van der Waals surface area contributed by atoms with Crippen LogP contribution >= 0.6 is 15.9 Å². The zero-order valence-electron chi connectivity index (χ0n) is 13.3. The van der Waals surface area contributed by atoms with Gasteiger partial charge in [0.2, 0.25) is 10.0 Å². The number of benzene rings is 2. The van der Waals surface area contributed by atoms with E-state index in [0.29, 0.717) is 15.6 Å². The van der Waals surface area contributed by atoms with Gasteiger partial charge >= 0.3 is 0 Å². The molecule has 1 amide bonds. The Morgan fingerprint density at radius 2 is 1.83 bits per heavy atom. The number of nitrogens with one attached hydrogen (secondary N) is 2. The van der Waals surface area contributed by atoms with Crippen LogP contribution in [-0.2, 0) is 10.0 Å². The Kier molecular flexibility index (Phi) is 5.42. The Bertz CT molecular complexity index is 914. The van der Waals surface area contributed by atoms with Gasteiger partial charge in [0.25, 0.3) is 5.91 Å². The van der Waals surface area contributed by atoms with Crippen molar-refractivity contribution in [2.24, 2.45) is 0 Å². The molecule has 0 aliphatic carbocycles. The van der Waals surface area contributed by atoms with Gasteiger partial charge in [0.05, 0.1) is 10.6 Å². The number of carbonyl (C=O) groups excluding carboxylic acids is 1. The number of hydrogen-bond donors (Lipinski definition) is 2. The van der Waals surface area contributed by atoms with E-state index in [-0.39, 0.29) is 16.1 Å². The molecule has 0 radical (unpaired) electrons. The van der Waals surface area contributed by atoms with Crippen LogP contribution < -0.4 is 10.0 Å². The number of hydrogen-bond acceptors (Lipinski definition) is 3. The molecule has 0 atom stereocenters. The van der Waals surface area contributed by atoms with Crippen molar-refractivity contribution >= 4 is 37.5 Å². The molecule has 0 bridgehead atoms. The molecule has 2 aromatic carbocycles. The van der Waals surface area contributed by atoms with E-state index in [1.165, 1.54) is 25.2 Å². The highest BCUT2D eigenvalue weighted by molar-refractivity contribution is 9.10. The summed E-state index contributed by atoms with van der Waals surface area (Å²) in [4.78, 5) is 12.4. The van der Waals surface area contributed by atoms with Crippen molar-refractivity contribution in [3.05, 3.63) is 57.3 Å². The average Bonchev–Trinajstić information content (AvgIpc) is 2.52. The molecule has 2 aromatic rings. The zero-order chi connectivity index (χ0) is 18.1. The predicted octanol–water partition coefficient (Wildman–Crippen LogP) is 3.37. The third-order valence-electron chi connectivity index (χ3n) is 3.62. The molecular formula is C16H16BrFN2O3S. The lowest BCUT2D eigenvalue weighted by Crippen LogP contribution is -2.21. The van der Waals surface area contributed by atoms with Crippen LogP contribution in [0, 0.1) is 19.7 Å². The number of halogens is 2. The third-order valence-corrected chi connectivity index (χ3v) is 5.65. The summed E-state index contributed by atoms with van der Waals surface area (Å²) in [6, 6.07) is 7.09. The van der Waals surface area contributed by atoms with Gasteiger partial charge in [-0.15, -0.1) is 0 Å². The largest absolute Gasteiger partial charge is 0.319 e. The second-order valence-electron chi connectivity index (χ2n) is 5.20. The highest BCUT2D eigenvalue weighted by atomic mass is 79.9. The molecule has 2 N–H and O–H groups in total. The van der Waals surface area contributed by atoms with E-state index >= 15 is 0 Å². The molecule has 0 saturated heterocycles. The number of carbonyl (C=O) groups is 1. The van der Waals surface area contributed by atoms with Crippen molar-refractivity contribution in [3.8, 4) is 0 Å². The van der Waals surface area contributed by atoms with Crippen LogP contribution in [0.5, 0.6) is 0 Å². The minimum absolute atomic E-state index is 0.0134. The SMILES string of the molecule is CNS(=O)(=O)c1cc(C(=O)Nc2ccc(Br)cc2F)cc(C)c1C. The summed E-state index contributed by atoms with van der Waals surface area (Å²) < 4.78 is 40.8. The van der Waals surface area contributed by atoms with Crippen LogP contribution in [0.1, 0.15) is 21.5 Å². The summed E-state index contributed by atoms with van der Waals surface area (Å²) in [5.41, 5.74) is 1.34. The Balaban J connectivity index is 2.43. The summed E-state index contributed by atoms with van der Waals surface area (Å²) in [5.74, 6) is -1.18. The molecule has 2 rings (SSSR count). The third kappa shape index (κ3) is 3.82. The number of amides is 1. The van der Waals surface area contributed by atoms with E-state index < -0.39 is 21.7 Å². The Hall–Kier alpha value is -1.77. The molecule has 0 aliphatic rings. The number of anilines is 1. The van der Waals surface area contributed by atoms with Crippen molar-refractivity contribution in [1.29, 1.82) is 0 Å². The monoisotopic (exact) mass is 414 g/mol. The van der Waals surface area contributed by atoms with Crippen LogP contribution in [-0.4, -0.2) is 21.4 Å². The van der Waals surface area contributed by atoms with Crippen LogP contribution in [0.15, 0.2) is 39.7 Å². The normalized spacial score (nSPS) is 11.4. The van der Waals surface area contributed by atoms with E-state index in [4.69, 9.17) is 0 Å². The quantitative estimate of drug-likeness (QED) is 0.804. The maximum atomic E-state index is 13.8. The molecule has 24 heavy (non-hydrogen) atoms. The minimum Gasteiger partial charge on any atom is -0.319 e. The molecule has 8 heteroatoms. The Labute approximate surface area is 148 Å². The summed E-state index contributed by atoms with van der Waals surface area (Å²) in [7, 11) is -2.40. The molecular weight excluding hydrogens is 399 g/mol. The summed E-state index contributed by atoms with van der Waals surface area (Å²) in [6.45, 7) is 3.37. The highest BCUT2D eigenvalue weighted by Gasteiger charge is 2.20. The first-order valence-corrected chi connectivity index (χ1v) is 9.24. The first-order valence-electron chi connectivity index (χ1n) is 6.97. The van der Waals surface area contributed by atoms with Gasteiger partial charge in [0.1, 0.15) is 5.82 Å². The van der Waals surface area contributed by atoms with E-state index in [1.54, 1.807) is 26.0 Å². The van der Waals surface area contributed by atoms with Crippen molar-refractivity contribution in [3.63, 3.8) is 0 Å². The summed E-state index contributed by atoms with van der Waals surface area (Å²) >= 11 is 3.14. The van der Waals surface area contributed by atoms with Crippen molar-refractivity contribution in [2.75, 3.05) is 12.4 Å². The number of sulfonamides is 1. The maximum Gasteiger partial charge on any atom is 0.255 e. The van der Waals surface area contributed by atoms with E-state index in [2.05, 4.69) is 26.0 Å². The molecule has 128 valence electrons. The first-order chi connectivity index (χ1) is 11.2. The highest BCUT2D eigenvalue weighted by Crippen LogP contribution is 2.23. The molecule has 0 spiro atoms. The van der Waals surface area contributed by atoms with Crippen molar-refractivity contribution in [2.45, 2.75) is 18.7 Å². The lowest BCUT2D eigenvalue weighted by atomic mass is 10.1. The van der Waals surface area contributed by atoms with Crippen LogP contribution in [0.3, 0.4) is 0 Å². The van der Waals surface area contributed by atoms with Crippen LogP contribution in [0.2, 0.25) is 0 Å². The topological polar surface area (TPSA) is 75.3 Å². The average molecular weight is 415 g/mol. The first kappa shape index (κ1) is 18.6. The van der Waals surface area contributed by atoms with Gasteiger partial charge in [-0.2, -0.15) is 0 Å². The molecule has 0 fully saturated rings. The van der Waals surface area contributed by atoms with E-state index in [9.17, 15) is 17.6 Å². The zero-order valence-corrected chi connectivity index (χ0v) is 15.7. The minimum atomic E-state index is -3.70. The second kappa shape index (κ2) is 7.00. The molecule has 5 nitrogen and oxygen atoms in total. The van der Waals surface area contributed by atoms with Crippen molar-refractivity contribution < 1.29 is 17.6 Å². The fourth-order valence-electron chi connectivity index (χ4n) is 2.13. The van der Waals surface area contributed by atoms with Gasteiger partial charge in [-0.3, -0.25) is 4.79 Å². The lowest BCUT2D eigenvalue weighted by Gasteiger charge is -2.13. The molecule has 0 unspecified atom stereocenters. The van der Waals surface area contributed by atoms with Gasteiger partial charge in [-0.25, -0.2) is 17.5 Å². The Morgan fingerprint density at radius 3 is 2.42 bits per heavy atom. The standard InChI is InChI=1S/C16H16BrFN2O3S/c1-9-6-11(7-15(10(9)2)24(22,23)19-3)16(21)20-14-5-4-12(17)8-13(14)18/h4-8,19H,1-3H3,(H,20,21). The molecule has 0 aromatic heterocycles. The molecule has 0 aliphatic heterocycles. The van der Waals surface area contributed by atoms with Gasteiger partial charge in [-0.05, 0) is 62.4 Å². The Morgan fingerprint density at radius 1 is 1.17 bits per heavy atom. The second-order valence-corrected chi connectivity index (χ2v) is 7.97. The van der Waals surface area contributed by atoms with Gasteiger partial charge < -0.3 is 5.32 Å². The smallest absolute Gasteiger partial charge is 0.255 e. The summed E-state index contributed by atoms with van der Waals surface area (Å²) in [6.07, 6.45) is 0. The maximum absolute atomic E-state index is 13.8. The van der Waals surface area contributed by atoms with Gasteiger partial charge in [-0.1, -0.05) is 15.9 Å². The molecule has 0 heterocycles. The van der Waals surface area contributed by atoms with Crippen LogP contribution in [0.4, 0.5) is 10.1 Å². The van der Waals surface area contributed by atoms with Gasteiger partial charge in [0, 0.05) is 10.0 Å². The van der Waals surface area contributed by atoms with Crippen LogP contribution in [0.25, 0.3) is 0 Å². The predicted molar refractivity (Wildman–Crippen MR) is 94.2 cm³/mol. The van der Waals surface area contributed by atoms with Gasteiger partial charge in [0.15, 0.2) is 0 Å².